The van der Waals surface area contributed by atoms with Gasteiger partial charge in [0, 0.05) is 43.7 Å². The van der Waals surface area contributed by atoms with Crippen LogP contribution in [0.2, 0.25) is 0 Å². The quantitative estimate of drug-likeness (QED) is 0.907. The van der Waals surface area contributed by atoms with Crippen molar-refractivity contribution in [2.75, 3.05) is 18.4 Å². The highest BCUT2D eigenvalue weighted by Gasteiger charge is 2.24. The highest BCUT2D eigenvalue weighted by atomic mass is 32.1. The number of halogens is 1. The van der Waals surface area contributed by atoms with Crippen molar-refractivity contribution in [3.8, 4) is 5.88 Å². The first-order chi connectivity index (χ1) is 11.1. The van der Waals surface area contributed by atoms with Crippen LogP contribution >= 0.6 is 11.3 Å². The Kier molecular flexibility index (Phi) is 4.82. The molecule has 2 aromatic heterocycles. The molecule has 1 fully saturated rings. The Morgan fingerprint density at radius 3 is 3.09 bits per heavy atom. The molecule has 0 aliphatic carbocycles. The minimum atomic E-state index is -0.370. The van der Waals surface area contributed by atoms with Gasteiger partial charge in [0.25, 0.3) is 0 Å². The van der Waals surface area contributed by atoms with Crippen LogP contribution in [-0.4, -0.2) is 40.0 Å². The number of hydrogen-bond donors (Lipinski definition) is 1. The number of aromatic nitrogens is 2. The minimum absolute atomic E-state index is 0.0516. The van der Waals surface area contributed by atoms with E-state index in [0.29, 0.717) is 11.0 Å². The summed E-state index contributed by atoms with van der Waals surface area (Å²) in [6, 6.07) is 2.89. The Bertz CT molecular complexity index is 676. The predicted molar refractivity (Wildman–Crippen MR) is 84.9 cm³/mol. The zero-order chi connectivity index (χ0) is 16.2. The Morgan fingerprint density at radius 1 is 1.48 bits per heavy atom. The lowest BCUT2D eigenvalue weighted by molar-refractivity contribution is -0.114. The summed E-state index contributed by atoms with van der Waals surface area (Å²) in [5.74, 6) is -0.0399. The van der Waals surface area contributed by atoms with Crippen molar-refractivity contribution >= 4 is 22.4 Å². The summed E-state index contributed by atoms with van der Waals surface area (Å²) in [5, 5.41) is 3.30. The maximum Gasteiger partial charge on any atom is 0.223 e. The zero-order valence-electron chi connectivity index (χ0n) is 12.7. The lowest BCUT2D eigenvalue weighted by Crippen LogP contribution is -2.24. The van der Waals surface area contributed by atoms with E-state index in [2.05, 4.69) is 20.2 Å². The van der Waals surface area contributed by atoms with Gasteiger partial charge in [-0.05, 0) is 12.5 Å². The highest BCUT2D eigenvalue weighted by Crippen LogP contribution is 2.23. The molecule has 6 nitrogen and oxygen atoms in total. The molecule has 0 aromatic carbocycles. The number of thiazole rings is 1. The third-order valence-electron chi connectivity index (χ3n) is 3.43. The van der Waals surface area contributed by atoms with E-state index < -0.39 is 0 Å². The molecule has 122 valence electrons. The monoisotopic (exact) mass is 336 g/mol. The molecule has 1 saturated heterocycles. The van der Waals surface area contributed by atoms with E-state index in [9.17, 15) is 9.18 Å². The van der Waals surface area contributed by atoms with E-state index in [0.717, 1.165) is 37.1 Å². The number of nitrogens with one attached hydrogen (secondary N) is 1. The van der Waals surface area contributed by atoms with Gasteiger partial charge in [-0.1, -0.05) is 0 Å². The highest BCUT2D eigenvalue weighted by molar-refractivity contribution is 7.15. The first-order valence-electron chi connectivity index (χ1n) is 7.31. The van der Waals surface area contributed by atoms with Gasteiger partial charge in [-0.15, -0.1) is 11.3 Å². The first kappa shape index (κ1) is 15.8. The molecule has 1 aliphatic rings. The maximum atomic E-state index is 12.8. The first-order valence-corrected chi connectivity index (χ1v) is 8.13. The van der Waals surface area contributed by atoms with Gasteiger partial charge in [-0.3, -0.25) is 9.69 Å². The van der Waals surface area contributed by atoms with Crippen LogP contribution in [0.5, 0.6) is 5.88 Å². The molecule has 8 heteroatoms. The number of pyridine rings is 1. The number of ether oxygens (including phenoxy) is 1. The van der Waals surface area contributed by atoms with E-state index >= 15 is 0 Å². The Hall–Kier alpha value is -2.06. The smallest absolute Gasteiger partial charge is 0.223 e. The fraction of sp³-hybridized carbons (Fsp3) is 0.400. The van der Waals surface area contributed by atoms with Crippen LogP contribution < -0.4 is 10.1 Å². The summed E-state index contributed by atoms with van der Waals surface area (Å²) in [7, 11) is 0. The predicted octanol–water partition coefficient (Wildman–Crippen LogP) is 2.29. The molecule has 0 radical (unpaired) electrons. The lowest BCUT2D eigenvalue weighted by Gasteiger charge is -2.15. The summed E-state index contributed by atoms with van der Waals surface area (Å²) in [6.45, 7) is 3.94. The van der Waals surface area contributed by atoms with Crippen molar-refractivity contribution in [2.24, 2.45) is 0 Å². The molecule has 0 spiro atoms. The number of likely N-dealkylation sites (tertiary alicyclic amines) is 1. The van der Waals surface area contributed by atoms with Crippen LogP contribution in [0.4, 0.5) is 9.52 Å². The van der Waals surface area contributed by atoms with Crippen molar-refractivity contribution in [1.82, 2.24) is 14.9 Å². The van der Waals surface area contributed by atoms with Crippen LogP contribution in [0.25, 0.3) is 0 Å². The van der Waals surface area contributed by atoms with E-state index in [-0.39, 0.29) is 17.8 Å². The summed E-state index contributed by atoms with van der Waals surface area (Å²) >= 11 is 1.48. The maximum absolute atomic E-state index is 12.8. The van der Waals surface area contributed by atoms with Crippen molar-refractivity contribution in [3.63, 3.8) is 0 Å². The van der Waals surface area contributed by atoms with Crippen LogP contribution in [0.1, 0.15) is 18.2 Å². The number of nitrogens with zero attached hydrogens (tertiary/aromatic N) is 3. The molecule has 1 aliphatic heterocycles. The molecule has 0 saturated carbocycles. The second kappa shape index (κ2) is 7.01. The number of rotatable bonds is 5. The van der Waals surface area contributed by atoms with Crippen molar-refractivity contribution < 1.29 is 13.9 Å². The average molecular weight is 336 g/mol. The molecule has 2 aromatic rings. The zero-order valence-corrected chi connectivity index (χ0v) is 13.5. The van der Waals surface area contributed by atoms with Gasteiger partial charge < -0.3 is 10.1 Å². The number of carbonyl (C=O) groups excluding carboxylic acids is 1. The van der Waals surface area contributed by atoms with Crippen molar-refractivity contribution in [3.05, 3.63) is 35.2 Å². The molecule has 3 rings (SSSR count). The summed E-state index contributed by atoms with van der Waals surface area (Å²) in [4.78, 5) is 22.5. The van der Waals surface area contributed by atoms with Gasteiger partial charge in [-0.2, -0.15) is 0 Å². The molecule has 0 unspecified atom stereocenters. The van der Waals surface area contributed by atoms with E-state index in [4.69, 9.17) is 4.74 Å². The molecule has 1 N–H and O–H groups in total. The second-order valence-electron chi connectivity index (χ2n) is 5.39. The molecule has 3 heterocycles. The van der Waals surface area contributed by atoms with Crippen molar-refractivity contribution in [1.29, 1.82) is 0 Å². The Balaban J connectivity index is 1.50. The standard InChI is InChI=1S/C15H17FN4O2S/c1-10(21)19-15-18-7-13(23-15)9-20-5-4-12(8-20)22-14-3-2-11(16)6-17-14/h2-3,6-7,12H,4-5,8-9H2,1H3,(H,18,19,21)/t12-/m0/s1. The Labute approximate surface area is 137 Å². The van der Waals surface area contributed by atoms with Gasteiger partial charge in [0.15, 0.2) is 5.13 Å². The van der Waals surface area contributed by atoms with Gasteiger partial charge in [-0.25, -0.2) is 14.4 Å². The van der Waals surface area contributed by atoms with Crippen molar-refractivity contribution in [2.45, 2.75) is 26.0 Å². The minimum Gasteiger partial charge on any atom is -0.473 e. The number of anilines is 1. The van der Waals surface area contributed by atoms with Gasteiger partial charge >= 0.3 is 0 Å². The molecular weight excluding hydrogens is 319 g/mol. The van der Waals surface area contributed by atoms with E-state index in [1.54, 1.807) is 12.3 Å². The molecule has 1 atom stereocenters. The topological polar surface area (TPSA) is 67.4 Å². The molecule has 0 bridgehead atoms. The normalized spacial score (nSPS) is 18.1. The molecular formula is C15H17FN4O2S. The van der Waals surface area contributed by atoms with Gasteiger partial charge in [0.05, 0.1) is 6.20 Å². The van der Waals surface area contributed by atoms with Gasteiger partial charge in [0.1, 0.15) is 11.9 Å². The Morgan fingerprint density at radius 2 is 2.35 bits per heavy atom. The van der Waals surface area contributed by atoms with E-state index in [1.165, 1.54) is 24.3 Å². The summed E-state index contributed by atoms with van der Waals surface area (Å²) in [6.07, 6.45) is 3.89. The largest absolute Gasteiger partial charge is 0.473 e. The van der Waals surface area contributed by atoms with Gasteiger partial charge in [0.2, 0.25) is 11.8 Å². The van der Waals surface area contributed by atoms with Crippen LogP contribution in [-0.2, 0) is 11.3 Å². The third-order valence-corrected chi connectivity index (χ3v) is 4.33. The molecule has 23 heavy (non-hydrogen) atoms. The number of carbonyl (C=O) groups is 1. The molecule has 1 amide bonds. The second-order valence-corrected chi connectivity index (χ2v) is 6.51. The third kappa shape index (κ3) is 4.46. The SMILES string of the molecule is CC(=O)Nc1ncc(CN2CC[C@H](Oc3ccc(F)cn3)C2)s1. The fourth-order valence-electron chi connectivity index (χ4n) is 2.45. The van der Waals surface area contributed by atoms with Crippen LogP contribution in [0.15, 0.2) is 24.5 Å². The van der Waals surface area contributed by atoms with Crippen LogP contribution in [0.3, 0.4) is 0 Å². The fourth-order valence-corrected chi connectivity index (χ4v) is 3.35. The van der Waals surface area contributed by atoms with E-state index in [1.807, 2.05) is 0 Å². The number of amides is 1. The average Bonchev–Trinajstić information content (AvgIpc) is 3.11. The summed E-state index contributed by atoms with van der Waals surface area (Å²) < 4.78 is 18.6. The lowest BCUT2D eigenvalue weighted by atomic mass is 10.3. The summed E-state index contributed by atoms with van der Waals surface area (Å²) in [5.41, 5.74) is 0. The van der Waals surface area contributed by atoms with Crippen LogP contribution in [0, 0.1) is 5.82 Å². The number of hydrogen-bond acceptors (Lipinski definition) is 6.